The van der Waals surface area contributed by atoms with Crippen LogP contribution in [0.1, 0.15) is 38.1 Å². The Kier molecular flexibility index (Phi) is 5.90. The van der Waals surface area contributed by atoms with E-state index in [0.717, 1.165) is 11.3 Å². The third kappa shape index (κ3) is 4.86. The maximum Gasteiger partial charge on any atom is 0.239 e. The minimum Gasteiger partial charge on any atom is -0.348 e. The minimum absolute atomic E-state index is 0.0324. The van der Waals surface area contributed by atoms with Gasteiger partial charge in [0.1, 0.15) is 0 Å². The van der Waals surface area contributed by atoms with E-state index >= 15 is 0 Å². The molecule has 2 amide bonds. The number of nitrogens with zero attached hydrogens (tertiary/aromatic N) is 2. The van der Waals surface area contributed by atoms with E-state index in [1.807, 2.05) is 40.9 Å². The number of hydrogen-bond acceptors (Lipinski definition) is 4. The number of aromatic nitrogens is 2. The number of carbonyl (C=O) groups excluding carboxylic acids is 2. The SMILES string of the molecule is Cc1nn(C)cc1C(C)NC(=O)CNC(=O)[C@@H](N)C(C)C. The van der Waals surface area contributed by atoms with Gasteiger partial charge >= 0.3 is 0 Å². The van der Waals surface area contributed by atoms with Gasteiger partial charge in [-0.15, -0.1) is 0 Å². The summed E-state index contributed by atoms with van der Waals surface area (Å²) < 4.78 is 1.71. The second-order valence-electron chi connectivity index (χ2n) is 5.62. The van der Waals surface area contributed by atoms with Crippen LogP contribution >= 0.6 is 0 Å². The van der Waals surface area contributed by atoms with Crippen molar-refractivity contribution in [3.63, 3.8) is 0 Å². The molecule has 21 heavy (non-hydrogen) atoms. The quantitative estimate of drug-likeness (QED) is 0.687. The van der Waals surface area contributed by atoms with Crippen molar-refractivity contribution in [1.29, 1.82) is 0 Å². The summed E-state index contributed by atoms with van der Waals surface area (Å²) in [6.45, 7) is 7.41. The van der Waals surface area contributed by atoms with E-state index in [1.54, 1.807) is 4.68 Å². The predicted molar refractivity (Wildman–Crippen MR) is 80.3 cm³/mol. The molecular weight excluding hydrogens is 270 g/mol. The number of hydrogen-bond donors (Lipinski definition) is 3. The van der Waals surface area contributed by atoms with Crippen LogP contribution in [0.4, 0.5) is 0 Å². The Balaban J connectivity index is 2.47. The molecular formula is C14H25N5O2. The van der Waals surface area contributed by atoms with Gasteiger partial charge in [0.15, 0.2) is 0 Å². The maximum absolute atomic E-state index is 11.8. The van der Waals surface area contributed by atoms with E-state index in [0.29, 0.717) is 0 Å². The zero-order chi connectivity index (χ0) is 16.2. The maximum atomic E-state index is 11.8. The van der Waals surface area contributed by atoms with Gasteiger partial charge in [0.25, 0.3) is 0 Å². The van der Waals surface area contributed by atoms with Crippen LogP contribution in [0, 0.1) is 12.8 Å². The van der Waals surface area contributed by atoms with E-state index in [-0.39, 0.29) is 30.3 Å². The van der Waals surface area contributed by atoms with Gasteiger partial charge < -0.3 is 16.4 Å². The smallest absolute Gasteiger partial charge is 0.239 e. The first-order chi connectivity index (χ1) is 9.72. The van der Waals surface area contributed by atoms with Gasteiger partial charge in [0, 0.05) is 18.8 Å². The fourth-order valence-corrected chi connectivity index (χ4v) is 2.00. The minimum atomic E-state index is -0.601. The van der Waals surface area contributed by atoms with E-state index in [9.17, 15) is 9.59 Å². The molecule has 0 radical (unpaired) electrons. The van der Waals surface area contributed by atoms with Gasteiger partial charge in [-0.1, -0.05) is 13.8 Å². The van der Waals surface area contributed by atoms with Crippen LogP contribution in [0.25, 0.3) is 0 Å². The van der Waals surface area contributed by atoms with Gasteiger partial charge in [-0.25, -0.2) is 0 Å². The molecule has 4 N–H and O–H groups in total. The van der Waals surface area contributed by atoms with E-state index in [1.165, 1.54) is 0 Å². The number of aryl methyl sites for hydroxylation is 2. The topological polar surface area (TPSA) is 102 Å². The summed E-state index contributed by atoms with van der Waals surface area (Å²) in [6.07, 6.45) is 1.87. The van der Waals surface area contributed by atoms with Gasteiger partial charge in [-0.05, 0) is 19.8 Å². The van der Waals surface area contributed by atoms with Crippen LogP contribution in [0.15, 0.2) is 6.20 Å². The molecule has 2 atom stereocenters. The van der Waals surface area contributed by atoms with Crippen LogP contribution < -0.4 is 16.4 Å². The van der Waals surface area contributed by atoms with E-state index in [4.69, 9.17) is 5.73 Å². The molecule has 0 saturated heterocycles. The molecule has 0 saturated carbocycles. The molecule has 1 unspecified atom stereocenters. The van der Waals surface area contributed by atoms with Gasteiger partial charge in [0.05, 0.1) is 24.3 Å². The lowest BCUT2D eigenvalue weighted by Gasteiger charge is -2.17. The van der Waals surface area contributed by atoms with Gasteiger partial charge in [-0.3, -0.25) is 14.3 Å². The molecule has 0 fully saturated rings. The summed E-state index contributed by atoms with van der Waals surface area (Å²) in [5.41, 5.74) is 7.53. The Morgan fingerprint density at radius 1 is 1.38 bits per heavy atom. The largest absolute Gasteiger partial charge is 0.348 e. The predicted octanol–water partition coefficient (Wildman–Crippen LogP) is 0.00522. The van der Waals surface area contributed by atoms with Crippen molar-refractivity contribution < 1.29 is 9.59 Å². The molecule has 0 aliphatic carbocycles. The Morgan fingerprint density at radius 3 is 2.48 bits per heavy atom. The molecule has 0 spiro atoms. The molecule has 1 heterocycles. The lowest BCUT2D eigenvalue weighted by atomic mass is 10.1. The molecule has 0 bridgehead atoms. The summed E-state index contributed by atoms with van der Waals surface area (Å²) in [6, 6.07) is -0.766. The molecule has 7 nitrogen and oxygen atoms in total. The summed E-state index contributed by atoms with van der Waals surface area (Å²) in [5.74, 6) is -0.537. The van der Waals surface area contributed by atoms with E-state index in [2.05, 4.69) is 15.7 Å². The highest BCUT2D eigenvalue weighted by molar-refractivity contribution is 5.87. The first-order valence-corrected chi connectivity index (χ1v) is 7.05. The van der Waals surface area contributed by atoms with Crippen molar-refractivity contribution in [2.24, 2.45) is 18.7 Å². The fourth-order valence-electron chi connectivity index (χ4n) is 2.00. The Bertz CT molecular complexity index is 509. The summed E-state index contributed by atoms with van der Waals surface area (Å²) in [7, 11) is 1.83. The number of rotatable bonds is 6. The van der Waals surface area contributed by atoms with Crippen molar-refractivity contribution in [1.82, 2.24) is 20.4 Å². The summed E-state index contributed by atoms with van der Waals surface area (Å²) in [4.78, 5) is 23.5. The number of nitrogens with two attached hydrogens (primary N) is 1. The van der Waals surface area contributed by atoms with Crippen LogP contribution in [0.5, 0.6) is 0 Å². The van der Waals surface area contributed by atoms with Crippen molar-refractivity contribution >= 4 is 11.8 Å². The molecule has 1 aromatic heterocycles. The van der Waals surface area contributed by atoms with Crippen LogP contribution in [-0.4, -0.2) is 34.2 Å². The highest BCUT2D eigenvalue weighted by Gasteiger charge is 2.19. The molecule has 7 heteroatoms. The lowest BCUT2D eigenvalue weighted by molar-refractivity contribution is -0.127. The lowest BCUT2D eigenvalue weighted by Crippen LogP contribution is -2.47. The first-order valence-electron chi connectivity index (χ1n) is 7.05. The third-order valence-corrected chi connectivity index (χ3v) is 3.34. The average molecular weight is 295 g/mol. The van der Waals surface area contributed by atoms with E-state index < -0.39 is 6.04 Å². The Labute approximate surface area is 125 Å². The monoisotopic (exact) mass is 295 g/mol. The van der Waals surface area contributed by atoms with Crippen LogP contribution in [0.2, 0.25) is 0 Å². The second kappa shape index (κ2) is 7.21. The van der Waals surface area contributed by atoms with Gasteiger partial charge in [0.2, 0.25) is 11.8 Å². The summed E-state index contributed by atoms with van der Waals surface area (Å²) >= 11 is 0. The highest BCUT2D eigenvalue weighted by atomic mass is 16.2. The van der Waals surface area contributed by atoms with Crippen LogP contribution in [-0.2, 0) is 16.6 Å². The number of carbonyl (C=O) groups is 2. The van der Waals surface area contributed by atoms with Crippen molar-refractivity contribution in [3.05, 3.63) is 17.5 Å². The Morgan fingerprint density at radius 2 is 2.00 bits per heavy atom. The Hall–Kier alpha value is -1.89. The molecule has 0 aliphatic heterocycles. The zero-order valence-corrected chi connectivity index (χ0v) is 13.3. The normalized spacial score (nSPS) is 13.9. The third-order valence-electron chi connectivity index (χ3n) is 3.34. The molecule has 1 rings (SSSR count). The highest BCUT2D eigenvalue weighted by Crippen LogP contribution is 2.14. The zero-order valence-electron chi connectivity index (χ0n) is 13.3. The molecule has 118 valence electrons. The van der Waals surface area contributed by atoms with Crippen molar-refractivity contribution in [2.45, 2.75) is 39.8 Å². The number of nitrogens with one attached hydrogen (secondary N) is 2. The fraction of sp³-hybridized carbons (Fsp3) is 0.643. The molecule has 1 aromatic rings. The summed E-state index contributed by atoms with van der Waals surface area (Å²) in [5, 5.41) is 9.60. The first kappa shape index (κ1) is 17.2. The second-order valence-corrected chi connectivity index (χ2v) is 5.62. The van der Waals surface area contributed by atoms with Crippen LogP contribution in [0.3, 0.4) is 0 Å². The standard InChI is InChI=1S/C14H25N5O2/c1-8(2)13(15)14(21)16-6-12(20)17-9(3)11-7-19(5)18-10(11)4/h7-9,13H,6,15H2,1-5H3,(H,16,21)(H,17,20)/t9?,13-/m0/s1. The van der Waals surface area contributed by atoms with Crippen molar-refractivity contribution in [3.8, 4) is 0 Å². The molecule has 0 aliphatic rings. The van der Waals surface area contributed by atoms with Gasteiger partial charge in [-0.2, -0.15) is 5.10 Å². The number of amides is 2. The average Bonchev–Trinajstić information content (AvgIpc) is 2.74. The van der Waals surface area contributed by atoms with Crippen molar-refractivity contribution in [2.75, 3.05) is 6.54 Å². The molecule has 0 aromatic carbocycles.